The van der Waals surface area contributed by atoms with E-state index in [0.717, 1.165) is 77.1 Å². The van der Waals surface area contributed by atoms with Gasteiger partial charge < -0.3 is 23.8 Å². The molecule has 1 aromatic heterocycles. The van der Waals surface area contributed by atoms with Crippen LogP contribution in [0.1, 0.15) is 45.7 Å². The van der Waals surface area contributed by atoms with Gasteiger partial charge in [-0.3, -0.25) is 4.79 Å². The molecule has 0 saturated carbocycles. The zero-order chi connectivity index (χ0) is 28.3. The van der Waals surface area contributed by atoms with Crippen LogP contribution in [0, 0.1) is 0 Å². The predicted molar refractivity (Wildman–Crippen MR) is 161 cm³/mol. The molecule has 0 unspecified atom stereocenters. The van der Waals surface area contributed by atoms with Crippen molar-refractivity contribution in [2.45, 2.75) is 12.8 Å². The van der Waals surface area contributed by atoms with Gasteiger partial charge in [0.25, 0.3) is 5.91 Å². The molecule has 1 fully saturated rings. The van der Waals surface area contributed by atoms with Gasteiger partial charge in [0, 0.05) is 18.7 Å². The van der Waals surface area contributed by atoms with Gasteiger partial charge >= 0.3 is 0 Å². The van der Waals surface area contributed by atoms with Crippen molar-refractivity contribution < 1.29 is 23.7 Å². The van der Waals surface area contributed by atoms with Crippen LogP contribution >= 0.6 is 0 Å². The third kappa shape index (κ3) is 5.48. The van der Waals surface area contributed by atoms with Crippen molar-refractivity contribution in [3.8, 4) is 28.7 Å². The largest absolute Gasteiger partial charge is 0.486 e. The van der Waals surface area contributed by atoms with Crippen LogP contribution in [0.3, 0.4) is 0 Å². The van der Waals surface area contributed by atoms with Gasteiger partial charge in [0.05, 0.1) is 17.1 Å². The monoisotopic (exact) mass is 561 g/mol. The van der Waals surface area contributed by atoms with Crippen LogP contribution in [-0.2, 0) is 0 Å². The number of hydrogen-bond donors (Lipinski definition) is 0. The zero-order valence-electron chi connectivity index (χ0n) is 23.2. The second-order valence-electron chi connectivity index (χ2n) is 10.4. The summed E-state index contributed by atoms with van der Waals surface area (Å²) in [7, 11) is 0. The Balaban J connectivity index is 1.19. The molecule has 0 atom stereocenters. The SMILES string of the molecule is O=C(c1ccc(-n2nc(/C=C/c3ccc4c(c3)OCCO4)cc2/C=C/c2ccc3c(c2)OCCO3)cc1)N1CCCC1. The summed E-state index contributed by atoms with van der Waals surface area (Å²) in [6.45, 7) is 3.87. The number of benzene rings is 3. The number of aromatic nitrogens is 2. The predicted octanol–water partition coefficient (Wildman–Crippen LogP) is 5.99. The average molecular weight is 562 g/mol. The van der Waals surface area contributed by atoms with Gasteiger partial charge in [-0.05, 0) is 90.7 Å². The fraction of sp³-hybridized carbons (Fsp3) is 0.235. The highest BCUT2D eigenvalue weighted by Crippen LogP contribution is 2.32. The summed E-state index contributed by atoms with van der Waals surface area (Å²) in [5, 5.41) is 4.90. The second-order valence-corrected chi connectivity index (χ2v) is 10.4. The minimum Gasteiger partial charge on any atom is -0.486 e. The first-order valence-electron chi connectivity index (χ1n) is 14.3. The summed E-state index contributed by atoms with van der Waals surface area (Å²) in [6, 6.07) is 21.5. The Kier molecular flexibility index (Phi) is 7.10. The molecule has 1 amide bonds. The molecule has 0 N–H and O–H groups in total. The molecule has 4 heterocycles. The maximum Gasteiger partial charge on any atom is 0.253 e. The first kappa shape index (κ1) is 26.0. The minimum atomic E-state index is 0.0845. The summed E-state index contributed by atoms with van der Waals surface area (Å²) in [5.41, 5.74) is 5.24. The first-order valence-corrected chi connectivity index (χ1v) is 14.3. The highest BCUT2D eigenvalue weighted by molar-refractivity contribution is 5.94. The molecule has 7 rings (SSSR count). The number of carbonyl (C=O) groups excluding carboxylic acids is 1. The van der Waals surface area contributed by atoms with Crippen LogP contribution in [0.2, 0.25) is 0 Å². The number of likely N-dealkylation sites (tertiary alicyclic amines) is 1. The Morgan fingerprint density at radius 2 is 1.21 bits per heavy atom. The van der Waals surface area contributed by atoms with E-state index in [1.165, 1.54) is 0 Å². The number of ether oxygens (including phenoxy) is 4. The van der Waals surface area contributed by atoms with Crippen molar-refractivity contribution in [2.75, 3.05) is 39.5 Å². The van der Waals surface area contributed by atoms with Gasteiger partial charge in [-0.25, -0.2) is 4.68 Å². The lowest BCUT2D eigenvalue weighted by Gasteiger charge is -2.18. The van der Waals surface area contributed by atoms with Gasteiger partial charge in [-0.2, -0.15) is 5.10 Å². The lowest BCUT2D eigenvalue weighted by molar-refractivity contribution is 0.0793. The van der Waals surface area contributed by atoms with E-state index in [2.05, 4.69) is 0 Å². The Bertz CT molecular complexity index is 1670. The van der Waals surface area contributed by atoms with Gasteiger partial charge in [0.15, 0.2) is 23.0 Å². The second kappa shape index (κ2) is 11.5. The molecule has 4 aromatic rings. The molecule has 3 aliphatic heterocycles. The molecule has 8 heteroatoms. The van der Waals surface area contributed by atoms with E-state index >= 15 is 0 Å². The Morgan fingerprint density at radius 1 is 0.643 bits per heavy atom. The number of amides is 1. The van der Waals surface area contributed by atoms with Crippen molar-refractivity contribution in [3.63, 3.8) is 0 Å². The number of carbonyl (C=O) groups is 1. The molecule has 1 saturated heterocycles. The van der Waals surface area contributed by atoms with Gasteiger partial charge in [-0.15, -0.1) is 0 Å². The van der Waals surface area contributed by atoms with Gasteiger partial charge in [0.2, 0.25) is 0 Å². The first-order chi connectivity index (χ1) is 20.7. The van der Waals surface area contributed by atoms with Crippen LogP contribution in [0.25, 0.3) is 30.0 Å². The van der Waals surface area contributed by atoms with E-state index in [9.17, 15) is 4.79 Å². The standard InChI is InChI=1S/C34H31N3O5/c38-34(36-15-1-2-16-36)26-7-11-28(12-8-26)37-29(10-4-25-6-14-31-33(22-25)42-20-18-40-31)23-27(35-37)9-3-24-5-13-30-32(21-24)41-19-17-39-30/h3-14,21-23H,1-2,15-20H2/b9-3+,10-4+. The third-order valence-corrected chi connectivity index (χ3v) is 7.53. The molecule has 0 radical (unpaired) electrons. The quantitative estimate of drug-likeness (QED) is 0.288. The molecule has 3 aliphatic rings. The molecule has 3 aromatic carbocycles. The Labute approximate surface area is 244 Å². The van der Waals surface area contributed by atoms with Crippen molar-refractivity contribution in [1.29, 1.82) is 0 Å². The topological polar surface area (TPSA) is 75.1 Å². The molecule has 0 aliphatic carbocycles. The lowest BCUT2D eigenvalue weighted by atomic mass is 10.1. The number of fused-ring (bicyclic) bond motifs is 2. The fourth-order valence-corrected chi connectivity index (χ4v) is 5.36. The van der Waals surface area contributed by atoms with Gasteiger partial charge in [0.1, 0.15) is 26.4 Å². The van der Waals surface area contributed by atoms with Gasteiger partial charge in [-0.1, -0.05) is 24.3 Å². The lowest BCUT2D eigenvalue weighted by Crippen LogP contribution is -2.27. The maximum atomic E-state index is 12.9. The molecule has 42 heavy (non-hydrogen) atoms. The van der Waals surface area contributed by atoms with Crippen LogP contribution in [0.15, 0.2) is 66.7 Å². The van der Waals surface area contributed by atoms with E-state index in [1.54, 1.807) is 0 Å². The third-order valence-electron chi connectivity index (χ3n) is 7.53. The highest BCUT2D eigenvalue weighted by atomic mass is 16.6. The molecular formula is C34H31N3O5. The summed E-state index contributed by atoms with van der Waals surface area (Å²) >= 11 is 0. The van der Waals surface area contributed by atoms with E-state index < -0.39 is 0 Å². The van der Waals surface area contributed by atoms with Crippen LogP contribution in [0.5, 0.6) is 23.0 Å². The Morgan fingerprint density at radius 3 is 1.83 bits per heavy atom. The molecular weight excluding hydrogens is 530 g/mol. The molecule has 212 valence electrons. The van der Waals surface area contributed by atoms with Crippen molar-refractivity contribution in [2.24, 2.45) is 0 Å². The molecule has 0 spiro atoms. The Hall–Kier alpha value is -4.98. The normalized spacial score (nSPS) is 16.0. The zero-order valence-corrected chi connectivity index (χ0v) is 23.2. The molecule has 8 nitrogen and oxygen atoms in total. The van der Waals surface area contributed by atoms with Crippen molar-refractivity contribution in [3.05, 3.63) is 94.8 Å². The van der Waals surface area contributed by atoms with E-state index in [0.29, 0.717) is 32.0 Å². The maximum absolute atomic E-state index is 12.9. The molecule has 0 bridgehead atoms. The van der Waals surface area contributed by atoms with E-state index in [1.807, 2.05) is 101 Å². The van der Waals surface area contributed by atoms with Crippen molar-refractivity contribution in [1.82, 2.24) is 14.7 Å². The highest BCUT2D eigenvalue weighted by Gasteiger charge is 2.19. The number of rotatable bonds is 6. The summed E-state index contributed by atoms with van der Waals surface area (Å²) < 4.78 is 24.7. The number of hydrogen-bond acceptors (Lipinski definition) is 6. The summed E-state index contributed by atoms with van der Waals surface area (Å²) in [6.07, 6.45) is 10.2. The average Bonchev–Trinajstić information content (AvgIpc) is 3.73. The summed E-state index contributed by atoms with van der Waals surface area (Å²) in [4.78, 5) is 14.8. The van der Waals surface area contributed by atoms with Crippen LogP contribution < -0.4 is 18.9 Å². The fourth-order valence-electron chi connectivity index (χ4n) is 5.36. The summed E-state index contributed by atoms with van der Waals surface area (Å²) in [5.74, 6) is 3.11. The van der Waals surface area contributed by atoms with Crippen molar-refractivity contribution >= 4 is 30.2 Å². The van der Waals surface area contributed by atoms with Crippen LogP contribution in [0.4, 0.5) is 0 Å². The van der Waals surface area contributed by atoms with E-state index in [4.69, 9.17) is 24.0 Å². The number of nitrogens with zero attached hydrogens (tertiary/aromatic N) is 3. The van der Waals surface area contributed by atoms with Crippen LogP contribution in [-0.4, -0.2) is 60.1 Å². The van der Waals surface area contributed by atoms with E-state index in [-0.39, 0.29) is 5.91 Å². The minimum absolute atomic E-state index is 0.0845. The smallest absolute Gasteiger partial charge is 0.253 e.